The molecule has 1 unspecified atom stereocenters. The van der Waals surface area contributed by atoms with Crippen molar-refractivity contribution >= 4 is 5.78 Å². The highest BCUT2D eigenvalue weighted by atomic mass is 16.1. The maximum absolute atomic E-state index is 12.0. The predicted molar refractivity (Wildman–Crippen MR) is 65.2 cm³/mol. The van der Waals surface area contributed by atoms with Crippen LogP contribution < -0.4 is 0 Å². The van der Waals surface area contributed by atoms with E-state index >= 15 is 0 Å². The first kappa shape index (κ1) is 11.0. The number of aryl methyl sites for hydroxylation is 1. The van der Waals surface area contributed by atoms with Gasteiger partial charge in [-0.05, 0) is 30.4 Å². The summed E-state index contributed by atoms with van der Waals surface area (Å²) in [7, 11) is 0. The molecule has 1 aliphatic carbocycles. The van der Waals surface area contributed by atoms with Crippen LogP contribution in [0.3, 0.4) is 0 Å². The number of hydrogen-bond donors (Lipinski definition) is 0. The van der Waals surface area contributed by atoms with E-state index < -0.39 is 0 Å². The number of fused-ring (bicyclic) bond motifs is 1. The molecule has 1 atom stereocenters. The van der Waals surface area contributed by atoms with E-state index in [9.17, 15) is 4.79 Å². The Kier molecular flexibility index (Phi) is 3.41. The van der Waals surface area contributed by atoms with Crippen LogP contribution in [-0.4, -0.2) is 5.78 Å². The van der Waals surface area contributed by atoms with Gasteiger partial charge in [0.05, 0.1) is 0 Å². The topological polar surface area (TPSA) is 17.1 Å². The van der Waals surface area contributed by atoms with Crippen molar-refractivity contribution in [3.63, 3.8) is 0 Å². The van der Waals surface area contributed by atoms with Crippen LogP contribution in [0, 0.1) is 12.3 Å². The van der Waals surface area contributed by atoms with Gasteiger partial charge >= 0.3 is 0 Å². The molecule has 0 saturated heterocycles. The van der Waals surface area contributed by atoms with E-state index in [2.05, 4.69) is 18.1 Å². The summed E-state index contributed by atoms with van der Waals surface area (Å²) in [5, 5.41) is 0. The first-order valence-electron chi connectivity index (χ1n) is 5.87. The van der Waals surface area contributed by atoms with Crippen molar-refractivity contribution in [3.05, 3.63) is 35.4 Å². The Balaban J connectivity index is 2.02. The van der Waals surface area contributed by atoms with E-state index in [1.165, 1.54) is 11.1 Å². The van der Waals surface area contributed by atoms with Gasteiger partial charge in [0.15, 0.2) is 0 Å². The van der Waals surface area contributed by atoms with Crippen LogP contribution in [-0.2, 0) is 11.2 Å². The molecule has 0 N–H and O–H groups in total. The third kappa shape index (κ3) is 2.17. The van der Waals surface area contributed by atoms with Crippen LogP contribution in [0.4, 0.5) is 0 Å². The summed E-state index contributed by atoms with van der Waals surface area (Å²) in [6.07, 6.45) is 9.37. The lowest BCUT2D eigenvalue weighted by Crippen LogP contribution is -2.09. The summed E-state index contributed by atoms with van der Waals surface area (Å²) >= 11 is 0. The molecule has 0 aromatic heterocycles. The minimum Gasteiger partial charge on any atom is -0.299 e. The molecular weight excluding hydrogens is 196 g/mol. The van der Waals surface area contributed by atoms with Gasteiger partial charge in [-0.3, -0.25) is 4.79 Å². The quantitative estimate of drug-likeness (QED) is 0.553. The van der Waals surface area contributed by atoms with Crippen molar-refractivity contribution in [1.29, 1.82) is 0 Å². The molecule has 16 heavy (non-hydrogen) atoms. The van der Waals surface area contributed by atoms with Crippen LogP contribution in [0.5, 0.6) is 0 Å². The molecule has 0 amide bonds. The van der Waals surface area contributed by atoms with Crippen molar-refractivity contribution in [2.24, 2.45) is 0 Å². The minimum absolute atomic E-state index is 0.133. The minimum atomic E-state index is 0.133. The molecule has 82 valence electrons. The lowest BCUT2D eigenvalue weighted by atomic mass is 9.94. The third-order valence-electron chi connectivity index (χ3n) is 3.27. The van der Waals surface area contributed by atoms with Crippen LogP contribution in [0.25, 0.3) is 0 Å². The Bertz CT molecular complexity index is 425. The van der Waals surface area contributed by atoms with Crippen molar-refractivity contribution in [1.82, 2.24) is 0 Å². The van der Waals surface area contributed by atoms with Gasteiger partial charge in [-0.15, -0.1) is 12.3 Å². The Morgan fingerprint density at radius 2 is 2.25 bits per heavy atom. The van der Waals surface area contributed by atoms with E-state index in [-0.39, 0.29) is 5.92 Å². The highest BCUT2D eigenvalue weighted by Crippen LogP contribution is 2.34. The maximum Gasteiger partial charge on any atom is 0.140 e. The van der Waals surface area contributed by atoms with Gasteiger partial charge in [0, 0.05) is 18.8 Å². The molecule has 2 rings (SSSR count). The normalized spacial score (nSPS) is 17.8. The van der Waals surface area contributed by atoms with E-state index in [4.69, 9.17) is 6.42 Å². The second-order valence-electron chi connectivity index (χ2n) is 4.31. The van der Waals surface area contributed by atoms with Crippen molar-refractivity contribution in [2.75, 3.05) is 0 Å². The Hall–Kier alpha value is -1.55. The predicted octanol–water partition coefficient (Wildman–Crippen LogP) is 3.09. The number of hydrogen-bond acceptors (Lipinski definition) is 1. The number of ketones is 1. The van der Waals surface area contributed by atoms with Gasteiger partial charge in [-0.1, -0.05) is 24.3 Å². The van der Waals surface area contributed by atoms with Crippen molar-refractivity contribution in [3.8, 4) is 12.3 Å². The number of rotatable bonds is 4. The monoisotopic (exact) mass is 212 g/mol. The number of carbonyl (C=O) groups is 1. The largest absolute Gasteiger partial charge is 0.299 e. The number of unbranched alkanes of at least 4 members (excludes halogenated alkanes) is 1. The number of terminal acetylenes is 1. The molecule has 1 aromatic carbocycles. The fourth-order valence-electron chi connectivity index (χ4n) is 2.43. The lowest BCUT2D eigenvalue weighted by molar-refractivity contribution is -0.120. The average molecular weight is 212 g/mol. The van der Waals surface area contributed by atoms with Crippen LogP contribution in [0.2, 0.25) is 0 Å². The van der Waals surface area contributed by atoms with Crippen molar-refractivity contribution < 1.29 is 4.79 Å². The Morgan fingerprint density at radius 1 is 1.44 bits per heavy atom. The lowest BCUT2D eigenvalue weighted by Gasteiger charge is -2.09. The smallest absolute Gasteiger partial charge is 0.140 e. The number of carbonyl (C=O) groups excluding carboxylic acids is 1. The summed E-state index contributed by atoms with van der Waals surface area (Å²) < 4.78 is 0. The molecule has 0 saturated carbocycles. The fraction of sp³-hybridized carbons (Fsp3) is 0.400. The van der Waals surface area contributed by atoms with Gasteiger partial charge < -0.3 is 0 Å². The third-order valence-corrected chi connectivity index (χ3v) is 3.27. The van der Waals surface area contributed by atoms with Gasteiger partial charge in [-0.25, -0.2) is 0 Å². The zero-order chi connectivity index (χ0) is 11.4. The SMILES string of the molecule is C#CCCCC(=O)C1CCc2ccccc21. The van der Waals surface area contributed by atoms with E-state index in [0.29, 0.717) is 18.6 Å². The number of Topliss-reactive ketones (excluding diaryl/α,β-unsaturated/α-hetero) is 1. The Labute approximate surface area is 96.9 Å². The fourth-order valence-corrected chi connectivity index (χ4v) is 2.43. The van der Waals surface area contributed by atoms with Crippen LogP contribution >= 0.6 is 0 Å². The molecule has 0 fully saturated rings. The molecule has 0 spiro atoms. The molecule has 0 heterocycles. The van der Waals surface area contributed by atoms with Gasteiger partial charge in [0.2, 0.25) is 0 Å². The van der Waals surface area contributed by atoms with Gasteiger partial charge in [0.25, 0.3) is 0 Å². The molecule has 1 aliphatic rings. The van der Waals surface area contributed by atoms with Gasteiger partial charge in [0.1, 0.15) is 5.78 Å². The Morgan fingerprint density at radius 3 is 3.06 bits per heavy atom. The van der Waals surface area contributed by atoms with Gasteiger partial charge in [-0.2, -0.15) is 0 Å². The standard InChI is InChI=1S/C15H16O/c1-2-3-4-9-15(16)14-11-10-12-7-5-6-8-13(12)14/h1,5-8,14H,3-4,9-11H2. The molecule has 0 aliphatic heterocycles. The van der Waals surface area contributed by atoms with Crippen LogP contribution in [0.15, 0.2) is 24.3 Å². The van der Waals surface area contributed by atoms with E-state index in [0.717, 1.165) is 19.3 Å². The summed E-state index contributed by atoms with van der Waals surface area (Å²) in [5.74, 6) is 3.08. The summed E-state index contributed by atoms with van der Waals surface area (Å²) in [6.45, 7) is 0. The molecule has 1 aromatic rings. The second-order valence-corrected chi connectivity index (χ2v) is 4.31. The summed E-state index contributed by atoms with van der Waals surface area (Å²) in [5.41, 5.74) is 2.59. The van der Waals surface area contributed by atoms with Crippen LogP contribution in [0.1, 0.15) is 42.7 Å². The zero-order valence-electron chi connectivity index (χ0n) is 9.41. The van der Waals surface area contributed by atoms with E-state index in [1.807, 2.05) is 12.1 Å². The zero-order valence-corrected chi connectivity index (χ0v) is 9.41. The maximum atomic E-state index is 12.0. The molecular formula is C15H16O. The second kappa shape index (κ2) is 4.99. The molecule has 1 nitrogen and oxygen atoms in total. The van der Waals surface area contributed by atoms with E-state index in [1.54, 1.807) is 0 Å². The average Bonchev–Trinajstić information content (AvgIpc) is 2.73. The molecule has 1 heteroatoms. The highest BCUT2D eigenvalue weighted by Gasteiger charge is 2.27. The molecule has 0 radical (unpaired) electrons. The first-order chi connectivity index (χ1) is 7.83. The van der Waals surface area contributed by atoms with Crippen molar-refractivity contribution in [2.45, 2.75) is 38.0 Å². The first-order valence-corrected chi connectivity index (χ1v) is 5.87. The number of benzene rings is 1. The molecule has 0 bridgehead atoms. The summed E-state index contributed by atoms with van der Waals surface area (Å²) in [4.78, 5) is 12.0. The highest BCUT2D eigenvalue weighted by molar-refractivity contribution is 5.86. The summed E-state index contributed by atoms with van der Waals surface area (Å²) in [6, 6.07) is 8.28.